The average Bonchev–Trinajstić information content (AvgIpc) is 2.16. The van der Waals surface area contributed by atoms with Gasteiger partial charge in [-0.15, -0.1) is 0 Å². The fourth-order valence-corrected chi connectivity index (χ4v) is 2.21. The number of hydrogen-bond donors (Lipinski definition) is 1. The Bertz CT molecular complexity index is 335. The van der Waals surface area contributed by atoms with E-state index < -0.39 is 0 Å². The first-order valence-corrected chi connectivity index (χ1v) is 5.25. The van der Waals surface area contributed by atoms with Crippen molar-refractivity contribution in [2.24, 2.45) is 5.92 Å². The molecule has 2 atom stereocenters. The molecule has 1 nitrogen and oxygen atoms in total. The molecule has 1 aliphatic rings. The number of benzene rings is 1. The summed E-state index contributed by atoms with van der Waals surface area (Å²) in [6.07, 6.45) is 2.11. The zero-order chi connectivity index (χ0) is 10.1. The minimum absolute atomic E-state index is 0.132. The molecule has 0 saturated carbocycles. The van der Waals surface area contributed by atoms with Gasteiger partial charge in [0.2, 0.25) is 0 Å². The van der Waals surface area contributed by atoms with Gasteiger partial charge in [-0.25, -0.2) is 4.39 Å². The molecule has 0 bridgehead atoms. The number of anilines is 1. The summed E-state index contributed by atoms with van der Waals surface area (Å²) in [5.74, 6) is 0.460. The Balaban J connectivity index is 2.30. The lowest BCUT2D eigenvalue weighted by Crippen LogP contribution is -2.32. The van der Waals surface area contributed by atoms with Crippen LogP contribution in [-0.2, 0) is 6.42 Å². The Labute approximate surface area is 84.3 Å². The molecule has 76 valence electrons. The van der Waals surface area contributed by atoms with Crippen LogP contribution in [0, 0.1) is 11.7 Å². The van der Waals surface area contributed by atoms with E-state index in [0.29, 0.717) is 12.0 Å². The van der Waals surface area contributed by atoms with Crippen molar-refractivity contribution in [2.75, 3.05) is 5.32 Å². The van der Waals surface area contributed by atoms with Crippen LogP contribution in [0.25, 0.3) is 0 Å². The van der Waals surface area contributed by atoms with Gasteiger partial charge in [0.1, 0.15) is 5.82 Å². The Morgan fingerprint density at radius 3 is 3.00 bits per heavy atom. The number of fused-ring (bicyclic) bond motifs is 1. The van der Waals surface area contributed by atoms with E-state index in [-0.39, 0.29) is 5.82 Å². The Morgan fingerprint density at radius 2 is 2.29 bits per heavy atom. The number of hydrogen-bond acceptors (Lipinski definition) is 1. The first-order chi connectivity index (χ1) is 6.70. The van der Waals surface area contributed by atoms with Crippen LogP contribution < -0.4 is 5.32 Å². The van der Waals surface area contributed by atoms with E-state index in [9.17, 15) is 4.39 Å². The molecular weight excluding hydrogens is 177 g/mol. The lowest BCUT2D eigenvalue weighted by Gasteiger charge is -2.32. The van der Waals surface area contributed by atoms with E-state index in [1.54, 1.807) is 6.07 Å². The quantitative estimate of drug-likeness (QED) is 0.722. The van der Waals surface area contributed by atoms with Gasteiger partial charge < -0.3 is 5.32 Å². The largest absolute Gasteiger partial charge is 0.382 e. The number of rotatable bonds is 1. The molecule has 0 fully saturated rings. The molecular formula is C12H16FN. The molecule has 14 heavy (non-hydrogen) atoms. The van der Waals surface area contributed by atoms with E-state index in [2.05, 4.69) is 19.2 Å². The van der Waals surface area contributed by atoms with Crippen molar-refractivity contribution < 1.29 is 4.39 Å². The maximum Gasteiger partial charge on any atom is 0.123 e. The molecule has 0 aromatic heterocycles. The van der Waals surface area contributed by atoms with E-state index >= 15 is 0 Å². The molecule has 2 heteroatoms. The second kappa shape index (κ2) is 3.60. The zero-order valence-corrected chi connectivity index (χ0v) is 8.68. The summed E-state index contributed by atoms with van der Waals surface area (Å²) in [5, 5.41) is 3.46. The lowest BCUT2D eigenvalue weighted by molar-refractivity contribution is 0.452. The number of halogens is 1. The van der Waals surface area contributed by atoms with Crippen molar-refractivity contribution in [3.63, 3.8) is 0 Å². The first-order valence-electron chi connectivity index (χ1n) is 5.25. The van der Waals surface area contributed by atoms with Gasteiger partial charge in [0, 0.05) is 11.7 Å². The lowest BCUT2D eigenvalue weighted by atomic mass is 9.87. The van der Waals surface area contributed by atoms with Gasteiger partial charge in [0.05, 0.1) is 0 Å². The van der Waals surface area contributed by atoms with Gasteiger partial charge in [-0.1, -0.05) is 13.8 Å². The molecule has 1 heterocycles. The Kier molecular flexibility index (Phi) is 2.44. The van der Waals surface area contributed by atoms with Crippen molar-refractivity contribution in [2.45, 2.75) is 32.7 Å². The standard InChI is InChI=1S/C12H16FN/c1-3-11-8(2)6-9-7-10(13)4-5-12(9)14-11/h4-5,7-8,11,14H,3,6H2,1-2H3/t8-,11-/m0/s1. The van der Waals surface area contributed by atoms with Crippen LogP contribution >= 0.6 is 0 Å². The van der Waals surface area contributed by atoms with Crippen LogP contribution in [0.3, 0.4) is 0 Å². The third-order valence-corrected chi connectivity index (χ3v) is 3.08. The van der Waals surface area contributed by atoms with Gasteiger partial charge in [-0.2, -0.15) is 0 Å². The van der Waals surface area contributed by atoms with Crippen LogP contribution in [0.2, 0.25) is 0 Å². The average molecular weight is 193 g/mol. The third-order valence-electron chi connectivity index (χ3n) is 3.08. The topological polar surface area (TPSA) is 12.0 Å². The van der Waals surface area contributed by atoms with Gasteiger partial charge in [0.15, 0.2) is 0 Å². The Hall–Kier alpha value is -1.05. The van der Waals surface area contributed by atoms with Gasteiger partial charge >= 0.3 is 0 Å². The van der Waals surface area contributed by atoms with Gasteiger partial charge in [-0.3, -0.25) is 0 Å². The highest BCUT2D eigenvalue weighted by atomic mass is 19.1. The smallest absolute Gasteiger partial charge is 0.123 e. The van der Waals surface area contributed by atoms with Gasteiger partial charge in [-0.05, 0) is 42.5 Å². The van der Waals surface area contributed by atoms with Crippen LogP contribution in [0.5, 0.6) is 0 Å². The zero-order valence-electron chi connectivity index (χ0n) is 8.68. The minimum Gasteiger partial charge on any atom is -0.382 e. The molecule has 0 spiro atoms. The summed E-state index contributed by atoms with van der Waals surface area (Å²) < 4.78 is 13.0. The molecule has 0 aliphatic carbocycles. The molecule has 0 unspecified atom stereocenters. The third kappa shape index (κ3) is 1.61. The van der Waals surface area contributed by atoms with Crippen LogP contribution in [0.1, 0.15) is 25.8 Å². The molecule has 0 radical (unpaired) electrons. The second-order valence-corrected chi connectivity index (χ2v) is 4.14. The summed E-state index contributed by atoms with van der Waals surface area (Å²) in [6.45, 7) is 4.40. The van der Waals surface area contributed by atoms with E-state index in [1.165, 1.54) is 6.07 Å². The van der Waals surface area contributed by atoms with Crippen molar-refractivity contribution in [3.05, 3.63) is 29.6 Å². The highest BCUT2D eigenvalue weighted by Gasteiger charge is 2.23. The maximum atomic E-state index is 13.0. The summed E-state index contributed by atoms with van der Waals surface area (Å²) in [7, 11) is 0. The highest BCUT2D eigenvalue weighted by Crippen LogP contribution is 2.29. The van der Waals surface area contributed by atoms with Crippen LogP contribution in [0.15, 0.2) is 18.2 Å². The highest BCUT2D eigenvalue weighted by molar-refractivity contribution is 5.54. The fourth-order valence-electron chi connectivity index (χ4n) is 2.21. The van der Waals surface area contributed by atoms with E-state index in [0.717, 1.165) is 24.1 Å². The molecule has 1 aromatic carbocycles. The molecule has 2 rings (SSSR count). The van der Waals surface area contributed by atoms with E-state index in [1.807, 2.05) is 6.07 Å². The normalized spacial score (nSPS) is 25.4. The van der Waals surface area contributed by atoms with Crippen LogP contribution in [-0.4, -0.2) is 6.04 Å². The monoisotopic (exact) mass is 193 g/mol. The van der Waals surface area contributed by atoms with Crippen LogP contribution in [0.4, 0.5) is 10.1 Å². The molecule has 1 aliphatic heterocycles. The summed E-state index contributed by atoms with van der Waals surface area (Å²) in [4.78, 5) is 0. The maximum absolute atomic E-state index is 13.0. The fraction of sp³-hybridized carbons (Fsp3) is 0.500. The van der Waals surface area contributed by atoms with Gasteiger partial charge in [0.25, 0.3) is 0 Å². The predicted molar refractivity (Wildman–Crippen MR) is 57.0 cm³/mol. The van der Waals surface area contributed by atoms with Crippen molar-refractivity contribution in [1.82, 2.24) is 0 Å². The molecule has 0 saturated heterocycles. The van der Waals surface area contributed by atoms with Crippen molar-refractivity contribution in [1.29, 1.82) is 0 Å². The summed E-state index contributed by atoms with van der Waals surface area (Å²) in [5.41, 5.74) is 2.22. The molecule has 1 N–H and O–H groups in total. The SMILES string of the molecule is CC[C@@H]1Nc2ccc(F)cc2C[C@@H]1C. The number of nitrogens with one attached hydrogen (secondary N) is 1. The molecule has 1 aromatic rings. The minimum atomic E-state index is -0.132. The second-order valence-electron chi connectivity index (χ2n) is 4.14. The van der Waals surface area contributed by atoms with Crippen molar-refractivity contribution >= 4 is 5.69 Å². The van der Waals surface area contributed by atoms with E-state index in [4.69, 9.17) is 0 Å². The Morgan fingerprint density at radius 1 is 1.50 bits per heavy atom. The van der Waals surface area contributed by atoms with Crippen molar-refractivity contribution in [3.8, 4) is 0 Å². The predicted octanol–water partition coefficient (Wildman–Crippen LogP) is 3.21. The summed E-state index contributed by atoms with van der Waals surface area (Å²) in [6, 6.07) is 5.55. The first kappa shape index (κ1) is 9.50. The summed E-state index contributed by atoms with van der Waals surface area (Å²) >= 11 is 0. The molecule has 0 amide bonds.